The normalized spacial score (nSPS) is 32.4. The second-order valence-corrected chi connectivity index (χ2v) is 3.12. The molecule has 0 aromatic rings. The van der Waals surface area contributed by atoms with Gasteiger partial charge >= 0.3 is 0 Å². The second-order valence-electron chi connectivity index (χ2n) is 3.12. The Kier molecular flexibility index (Phi) is 1.95. The van der Waals surface area contributed by atoms with Gasteiger partial charge < -0.3 is 5.73 Å². The third kappa shape index (κ3) is 1.45. The maximum absolute atomic E-state index is 12.8. The predicted octanol–water partition coefficient (Wildman–Crippen LogP) is 1.63. The summed E-state index contributed by atoms with van der Waals surface area (Å²) in [4.78, 5) is 0. The van der Waals surface area contributed by atoms with E-state index < -0.39 is 5.92 Å². The van der Waals surface area contributed by atoms with E-state index in [2.05, 4.69) is 0 Å². The minimum atomic E-state index is -2.49. The molecule has 2 atom stereocenters. The zero-order valence-electron chi connectivity index (χ0n) is 6.11. The number of nitrogens with two attached hydrogens (primary N) is 1. The molecule has 1 saturated carbocycles. The lowest BCUT2D eigenvalue weighted by Gasteiger charge is -2.13. The topological polar surface area (TPSA) is 26.0 Å². The van der Waals surface area contributed by atoms with Crippen LogP contribution in [0.1, 0.15) is 19.8 Å². The lowest BCUT2D eigenvalue weighted by Crippen LogP contribution is -2.23. The van der Waals surface area contributed by atoms with Crippen LogP contribution in [0.3, 0.4) is 0 Å². The van der Waals surface area contributed by atoms with Crippen LogP contribution in [-0.2, 0) is 0 Å². The zero-order chi connectivity index (χ0) is 7.78. The molecule has 0 spiro atoms. The summed E-state index contributed by atoms with van der Waals surface area (Å²) in [5, 5.41) is 0. The fraction of sp³-hybridized carbons (Fsp3) is 1.00. The summed E-state index contributed by atoms with van der Waals surface area (Å²) in [5.41, 5.74) is 5.05. The van der Waals surface area contributed by atoms with Gasteiger partial charge in [-0.1, -0.05) is 6.92 Å². The largest absolute Gasteiger partial charge is 0.330 e. The van der Waals surface area contributed by atoms with Crippen molar-refractivity contribution in [3.63, 3.8) is 0 Å². The van der Waals surface area contributed by atoms with Crippen LogP contribution >= 0.6 is 0 Å². The van der Waals surface area contributed by atoms with E-state index in [4.69, 9.17) is 5.73 Å². The molecule has 60 valence electrons. The molecule has 1 nitrogen and oxygen atoms in total. The average molecular weight is 149 g/mol. The molecule has 2 unspecified atom stereocenters. The molecule has 1 aliphatic rings. The predicted molar refractivity (Wildman–Crippen MR) is 35.9 cm³/mol. The first kappa shape index (κ1) is 7.92. The van der Waals surface area contributed by atoms with Crippen molar-refractivity contribution in [1.29, 1.82) is 0 Å². The SMILES string of the molecule is CC1CC1C(F)(F)CCN. The highest BCUT2D eigenvalue weighted by Crippen LogP contribution is 2.50. The summed E-state index contributed by atoms with van der Waals surface area (Å²) < 4.78 is 25.6. The van der Waals surface area contributed by atoms with Gasteiger partial charge in [0.15, 0.2) is 0 Å². The molecule has 1 fully saturated rings. The van der Waals surface area contributed by atoms with Gasteiger partial charge in [-0.2, -0.15) is 0 Å². The molecule has 1 aliphatic carbocycles. The van der Waals surface area contributed by atoms with Crippen molar-refractivity contribution in [3.05, 3.63) is 0 Å². The van der Waals surface area contributed by atoms with Crippen LogP contribution in [-0.4, -0.2) is 12.5 Å². The monoisotopic (exact) mass is 149 g/mol. The molecule has 0 saturated heterocycles. The van der Waals surface area contributed by atoms with Crippen LogP contribution in [0.5, 0.6) is 0 Å². The summed E-state index contributed by atoms with van der Waals surface area (Å²) >= 11 is 0. The number of rotatable bonds is 3. The summed E-state index contributed by atoms with van der Waals surface area (Å²) in [5.74, 6) is -2.66. The Morgan fingerprint density at radius 2 is 2.10 bits per heavy atom. The van der Waals surface area contributed by atoms with Crippen LogP contribution in [0.15, 0.2) is 0 Å². The van der Waals surface area contributed by atoms with Gasteiger partial charge in [0.2, 0.25) is 0 Å². The van der Waals surface area contributed by atoms with Gasteiger partial charge in [0.1, 0.15) is 0 Å². The Morgan fingerprint density at radius 1 is 1.60 bits per heavy atom. The third-order valence-corrected chi connectivity index (χ3v) is 2.13. The van der Waals surface area contributed by atoms with Crippen molar-refractivity contribution in [1.82, 2.24) is 0 Å². The average Bonchev–Trinajstić information content (AvgIpc) is 2.46. The van der Waals surface area contributed by atoms with Crippen molar-refractivity contribution < 1.29 is 8.78 Å². The van der Waals surface area contributed by atoms with Crippen molar-refractivity contribution in [2.75, 3.05) is 6.54 Å². The lowest BCUT2D eigenvalue weighted by molar-refractivity contribution is -0.0322. The molecule has 0 aromatic heterocycles. The van der Waals surface area contributed by atoms with E-state index in [0.717, 1.165) is 0 Å². The van der Waals surface area contributed by atoms with Gasteiger partial charge in [-0.05, 0) is 18.9 Å². The number of hydrogen-bond acceptors (Lipinski definition) is 1. The molecule has 1 rings (SSSR count). The highest BCUT2D eigenvalue weighted by Gasteiger charge is 2.51. The van der Waals surface area contributed by atoms with Crippen molar-refractivity contribution in [3.8, 4) is 0 Å². The minimum absolute atomic E-state index is 0.0935. The van der Waals surface area contributed by atoms with Crippen LogP contribution < -0.4 is 5.73 Å². The number of hydrogen-bond donors (Lipinski definition) is 1. The summed E-state index contributed by atoms with van der Waals surface area (Å²) in [6.07, 6.45) is 0.523. The molecule has 0 radical (unpaired) electrons. The van der Waals surface area contributed by atoms with Gasteiger partial charge in [0.05, 0.1) is 0 Å². The third-order valence-electron chi connectivity index (χ3n) is 2.13. The molecule has 0 heterocycles. The zero-order valence-corrected chi connectivity index (χ0v) is 6.11. The Bertz CT molecular complexity index is 125. The summed E-state index contributed by atoms with van der Waals surface area (Å²) in [7, 11) is 0. The molecule has 0 bridgehead atoms. The summed E-state index contributed by atoms with van der Waals surface area (Å²) in [6, 6.07) is 0. The molecule has 0 aromatic carbocycles. The molecule has 0 amide bonds. The van der Waals surface area contributed by atoms with E-state index in [0.29, 0.717) is 6.42 Å². The fourth-order valence-electron chi connectivity index (χ4n) is 1.29. The van der Waals surface area contributed by atoms with Crippen molar-refractivity contribution >= 4 is 0 Å². The Hall–Kier alpha value is -0.180. The van der Waals surface area contributed by atoms with Gasteiger partial charge in [0, 0.05) is 12.3 Å². The smallest absolute Gasteiger partial charge is 0.252 e. The second kappa shape index (κ2) is 2.46. The first-order valence-electron chi connectivity index (χ1n) is 3.66. The highest BCUT2D eigenvalue weighted by atomic mass is 19.3. The number of halogens is 2. The van der Waals surface area contributed by atoms with E-state index in [1.54, 1.807) is 0 Å². The Morgan fingerprint density at radius 3 is 2.40 bits per heavy atom. The van der Waals surface area contributed by atoms with E-state index >= 15 is 0 Å². The van der Waals surface area contributed by atoms with Gasteiger partial charge in [0.25, 0.3) is 5.92 Å². The first-order chi connectivity index (χ1) is 4.58. The minimum Gasteiger partial charge on any atom is -0.330 e. The fourth-order valence-corrected chi connectivity index (χ4v) is 1.29. The molecule has 10 heavy (non-hydrogen) atoms. The van der Waals surface area contributed by atoms with Crippen LogP contribution in [0, 0.1) is 11.8 Å². The number of alkyl halides is 2. The standard InChI is InChI=1S/C7H13F2N/c1-5-4-6(5)7(8,9)2-3-10/h5-6H,2-4,10H2,1H3. The van der Waals surface area contributed by atoms with Crippen molar-refractivity contribution in [2.24, 2.45) is 17.6 Å². The van der Waals surface area contributed by atoms with Crippen LogP contribution in [0.4, 0.5) is 8.78 Å². The van der Waals surface area contributed by atoms with Gasteiger partial charge in [-0.3, -0.25) is 0 Å². The maximum atomic E-state index is 12.8. The van der Waals surface area contributed by atoms with E-state index in [1.807, 2.05) is 6.92 Å². The van der Waals surface area contributed by atoms with E-state index in [1.165, 1.54) is 0 Å². The van der Waals surface area contributed by atoms with Crippen molar-refractivity contribution in [2.45, 2.75) is 25.7 Å². The lowest BCUT2D eigenvalue weighted by atomic mass is 10.1. The first-order valence-corrected chi connectivity index (χ1v) is 3.66. The van der Waals surface area contributed by atoms with Gasteiger partial charge in [-0.25, -0.2) is 8.78 Å². The molecular formula is C7H13F2N. The van der Waals surface area contributed by atoms with Gasteiger partial charge in [-0.15, -0.1) is 0 Å². The molecule has 2 N–H and O–H groups in total. The van der Waals surface area contributed by atoms with E-state index in [-0.39, 0.29) is 24.8 Å². The van der Waals surface area contributed by atoms with E-state index in [9.17, 15) is 8.78 Å². The summed E-state index contributed by atoms with van der Waals surface area (Å²) in [6.45, 7) is 1.95. The Labute approximate surface area is 59.6 Å². The quantitative estimate of drug-likeness (QED) is 0.648. The highest BCUT2D eigenvalue weighted by molar-refractivity contribution is 4.93. The molecule has 0 aliphatic heterocycles. The van der Waals surface area contributed by atoms with Crippen LogP contribution in [0.25, 0.3) is 0 Å². The van der Waals surface area contributed by atoms with Crippen LogP contribution in [0.2, 0.25) is 0 Å². The maximum Gasteiger partial charge on any atom is 0.252 e. The Balaban J connectivity index is 2.36. The molecular weight excluding hydrogens is 136 g/mol. The molecule has 3 heteroatoms.